The van der Waals surface area contributed by atoms with E-state index in [1.54, 1.807) is 0 Å². The Bertz CT molecular complexity index is 3610. The highest BCUT2D eigenvalue weighted by atomic mass is 16.3. The van der Waals surface area contributed by atoms with Crippen molar-refractivity contribution in [2.24, 2.45) is 0 Å². The van der Waals surface area contributed by atoms with Gasteiger partial charge in [-0.2, -0.15) is 0 Å². The Labute approximate surface area is 342 Å². The van der Waals surface area contributed by atoms with Gasteiger partial charge in [-0.25, -0.2) is 0 Å². The zero-order valence-corrected chi connectivity index (χ0v) is 32.2. The van der Waals surface area contributed by atoms with Gasteiger partial charge in [-0.1, -0.05) is 182 Å². The van der Waals surface area contributed by atoms with E-state index in [0.717, 1.165) is 27.5 Å². The molecule has 12 rings (SSSR count). The summed E-state index contributed by atoms with van der Waals surface area (Å²) >= 11 is 0. The van der Waals surface area contributed by atoms with E-state index in [-0.39, 0.29) is 0 Å². The second-order valence-corrected chi connectivity index (χ2v) is 15.6. The highest BCUT2D eigenvalue weighted by Gasteiger charge is 2.19. The largest absolute Gasteiger partial charge is 0.456 e. The number of furan rings is 1. The number of rotatable bonds is 5. The summed E-state index contributed by atoms with van der Waals surface area (Å²) < 4.78 is 6.24. The molecule has 11 aromatic carbocycles. The molecule has 1 heterocycles. The van der Waals surface area contributed by atoms with Crippen LogP contribution in [0.4, 0.5) is 0 Å². The van der Waals surface area contributed by atoms with Gasteiger partial charge in [0, 0.05) is 10.8 Å². The molecule has 1 heteroatoms. The highest BCUT2D eigenvalue weighted by Crippen LogP contribution is 2.47. The second-order valence-electron chi connectivity index (χ2n) is 15.6. The predicted octanol–water partition coefficient (Wildman–Crippen LogP) is 16.5. The van der Waals surface area contributed by atoms with Crippen LogP contribution >= 0.6 is 0 Å². The van der Waals surface area contributed by atoms with Gasteiger partial charge in [-0.15, -0.1) is 0 Å². The fourth-order valence-electron chi connectivity index (χ4n) is 9.52. The Morgan fingerprint density at radius 3 is 1.27 bits per heavy atom. The van der Waals surface area contributed by atoms with Crippen molar-refractivity contribution in [1.82, 2.24) is 0 Å². The van der Waals surface area contributed by atoms with Gasteiger partial charge < -0.3 is 4.42 Å². The standard InChI is InChI=1S/C58H36O/c1-3-21-45-37(13-1)15-11-26-47(45)41-17-9-19-43(33-41)57-50-24-5-6-25-51(50)58(44-20-10-18-42(34-44)48-27-12-16-38-14-2-4-22-46(38)48)54-36-39(29-31-52(54)57)40-30-32-56-53(35-40)49-23-7-8-28-55(49)59-56/h1-36H. The molecule has 0 saturated carbocycles. The lowest BCUT2D eigenvalue weighted by Gasteiger charge is -2.20. The Hall–Kier alpha value is -7.74. The van der Waals surface area contributed by atoms with Crippen molar-refractivity contribution in [3.8, 4) is 55.6 Å². The zero-order valence-electron chi connectivity index (χ0n) is 32.2. The van der Waals surface area contributed by atoms with Gasteiger partial charge in [-0.3, -0.25) is 0 Å². The van der Waals surface area contributed by atoms with E-state index in [1.165, 1.54) is 93.2 Å². The van der Waals surface area contributed by atoms with Gasteiger partial charge in [-0.05, 0) is 135 Å². The predicted molar refractivity (Wildman–Crippen MR) is 251 cm³/mol. The molecule has 0 saturated heterocycles. The summed E-state index contributed by atoms with van der Waals surface area (Å²) in [6.45, 7) is 0. The Kier molecular flexibility index (Phi) is 7.61. The van der Waals surface area contributed by atoms with E-state index in [2.05, 4.69) is 206 Å². The Morgan fingerprint density at radius 2 is 0.644 bits per heavy atom. The smallest absolute Gasteiger partial charge is 0.135 e. The number of fused-ring (bicyclic) bond motifs is 7. The van der Waals surface area contributed by atoms with E-state index in [4.69, 9.17) is 4.42 Å². The van der Waals surface area contributed by atoms with Crippen LogP contribution in [0.15, 0.2) is 223 Å². The van der Waals surface area contributed by atoms with E-state index < -0.39 is 0 Å². The van der Waals surface area contributed by atoms with Gasteiger partial charge >= 0.3 is 0 Å². The first-order valence-electron chi connectivity index (χ1n) is 20.3. The second kappa shape index (κ2) is 13.4. The minimum absolute atomic E-state index is 0.904. The molecule has 0 radical (unpaired) electrons. The average Bonchev–Trinajstić information content (AvgIpc) is 3.68. The molecular formula is C58H36O. The number of hydrogen-bond acceptors (Lipinski definition) is 1. The van der Waals surface area contributed by atoms with Crippen molar-refractivity contribution >= 4 is 65.0 Å². The summed E-state index contributed by atoms with van der Waals surface area (Å²) in [7, 11) is 0. The van der Waals surface area contributed by atoms with Crippen LogP contribution in [0.1, 0.15) is 0 Å². The molecule has 0 spiro atoms. The number of hydrogen-bond donors (Lipinski definition) is 0. The average molecular weight is 749 g/mol. The van der Waals surface area contributed by atoms with Crippen LogP contribution in [-0.4, -0.2) is 0 Å². The summed E-state index contributed by atoms with van der Waals surface area (Å²) in [4.78, 5) is 0. The van der Waals surface area contributed by atoms with Gasteiger partial charge in [0.15, 0.2) is 0 Å². The molecule has 0 amide bonds. The lowest BCUT2D eigenvalue weighted by atomic mass is 9.83. The van der Waals surface area contributed by atoms with Gasteiger partial charge in [0.05, 0.1) is 0 Å². The van der Waals surface area contributed by atoms with Crippen molar-refractivity contribution in [2.45, 2.75) is 0 Å². The normalized spacial score (nSPS) is 11.7. The van der Waals surface area contributed by atoms with Crippen molar-refractivity contribution in [2.75, 3.05) is 0 Å². The first kappa shape index (κ1) is 33.4. The third-order valence-electron chi connectivity index (χ3n) is 12.2. The summed E-state index contributed by atoms with van der Waals surface area (Å²) in [6, 6.07) is 79.8. The van der Waals surface area contributed by atoms with Crippen LogP contribution in [0.2, 0.25) is 0 Å². The van der Waals surface area contributed by atoms with E-state index in [9.17, 15) is 0 Å². The molecule has 1 aromatic heterocycles. The number of para-hydroxylation sites is 1. The van der Waals surface area contributed by atoms with Gasteiger partial charge in [0.1, 0.15) is 11.2 Å². The fourth-order valence-corrected chi connectivity index (χ4v) is 9.52. The van der Waals surface area contributed by atoms with E-state index in [0.29, 0.717) is 0 Å². The van der Waals surface area contributed by atoms with Crippen LogP contribution in [0.5, 0.6) is 0 Å². The monoisotopic (exact) mass is 748 g/mol. The Balaban J connectivity index is 1.13. The maximum absolute atomic E-state index is 6.24. The molecule has 0 aliphatic carbocycles. The third kappa shape index (κ3) is 5.47. The molecule has 0 fully saturated rings. The van der Waals surface area contributed by atoms with Crippen molar-refractivity contribution in [3.05, 3.63) is 218 Å². The first-order chi connectivity index (χ1) is 29.2. The maximum atomic E-state index is 6.24. The number of benzene rings is 11. The molecule has 0 aliphatic heterocycles. The molecule has 59 heavy (non-hydrogen) atoms. The molecule has 274 valence electrons. The molecule has 12 aromatic rings. The summed E-state index contributed by atoms with van der Waals surface area (Å²) in [5.41, 5.74) is 13.9. The highest BCUT2D eigenvalue weighted by molar-refractivity contribution is 6.22. The van der Waals surface area contributed by atoms with Crippen LogP contribution in [0.25, 0.3) is 121 Å². The minimum Gasteiger partial charge on any atom is -0.456 e. The first-order valence-corrected chi connectivity index (χ1v) is 20.3. The lowest BCUT2D eigenvalue weighted by molar-refractivity contribution is 0.669. The van der Waals surface area contributed by atoms with Gasteiger partial charge in [0.2, 0.25) is 0 Å². The molecule has 0 atom stereocenters. The van der Waals surface area contributed by atoms with Crippen LogP contribution in [0.3, 0.4) is 0 Å². The fraction of sp³-hybridized carbons (Fsp3) is 0. The van der Waals surface area contributed by atoms with Crippen LogP contribution in [-0.2, 0) is 0 Å². The summed E-state index contributed by atoms with van der Waals surface area (Å²) in [6.07, 6.45) is 0. The molecule has 0 unspecified atom stereocenters. The Morgan fingerprint density at radius 1 is 0.220 bits per heavy atom. The van der Waals surface area contributed by atoms with Crippen LogP contribution in [0, 0.1) is 0 Å². The zero-order chi connectivity index (χ0) is 38.9. The minimum atomic E-state index is 0.904. The lowest BCUT2D eigenvalue weighted by Crippen LogP contribution is -1.93. The van der Waals surface area contributed by atoms with Crippen LogP contribution < -0.4 is 0 Å². The SMILES string of the molecule is c1cc(-c2cccc3ccccc23)cc(-c2c3ccccc3c(-c3cccc(-c4cccc5ccccc45)c3)c3cc(-c4ccc5oc6ccccc6c5c4)ccc23)c1. The quantitative estimate of drug-likeness (QED) is 0.160. The topological polar surface area (TPSA) is 13.1 Å². The van der Waals surface area contributed by atoms with Crippen molar-refractivity contribution < 1.29 is 4.42 Å². The molecule has 0 aliphatic rings. The van der Waals surface area contributed by atoms with E-state index >= 15 is 0 Å². The van der Waals surface area contributed by atoms with Crippen molar-refractivity contribution in [1.29, 1.82) is 0 Å². The summed E-state index contributed by atoms with van der Waals surface area (Å²) in [5, 5.41) is 12.2. The molecular weight excluding hydrogens is 713 g/mol. The maximum Gasteiger partial charge on any atom is 0.135 e. The van der Waals surface area contributed by atoms with E-state index in [1.807, 2.05) is 12.1 Å². The van der Waals surface area contributed by atoms with Crippen molar-refractivity contribution in [3.63, 3.8) is 0 Å². The summed E-state index contributed by atoms with van der Waals surface area (Å²) in [5.74, 6) is 0. The molecule has 1 nitrogen and oxygen atoms in total. The van der Waals surface area contributed by atoms with Gasteiger partial charge in [0.25, 0.3) is 0 Å². The third-order valence-corrected chi connectivity index (χ3v) is 12.2. The molecule has 0 N–H and O–H groups in total. The molecule has 0 bridgehead atoms.